The van der Waals surface area contributed by atoms with Crippen LogP contribution in [0.1, 0.15) is 271 Å². The van der Waals surface area contributed by atoms with Crippen molar-refractivity contribution in [3.63, 3.8) is 0 Å². The molecule has 0 spiro atoms. The number of ether oxygens (including phenoxy) is 3. The predicted molar refractivity (Wildman–Crippen MR) is 329 cm³/mol. The first-order valence-corrected chi connectivity index (χ1v) is 32.3. The Bertz CT molecular complexity index is 1590. The normalized spacial score (nSPS) is 19.0. The van der Waals surface area contributed by atoms with E-state index in [1.165, 1.54) is 148 Å². The predicted octanol–water partition coefficient (Wildman–Crippen LogP) is 15.7. The molecule has 7 atom stereocenters. The number of esters is 1. The van der Waals surface area contributed by atoms with Gasteiger partial charge in [0, 0.05) is 12.8 Å². The lowest BCUT2D eigenvalue weighted by Crippen LogP contribution is -2.60. The molecule has 0 aliphatic carbocycles. The lowest BCUT2D eigenvalue weighted by molar-refractivity contribution is -0.302. The average molecular weight is 1110 g/mol. The maximum Gasteiger partial charge on any atom is 0.305 e. The minimum absolute atomic E-state index is 0.0147. The molecule has 0 radical (unpaired) electrons. The molecule has 1 fully saturated rings. The minimum Gasteiger partial charge on any atom is -0.466 e. The highest BCUT2D eigenvalue weighted by Gasteiger charge is 2.44. The van der Waals surface area contributed by atoms with Gasteiger partial charge in [0.25, 0.3) is 0 Å². The van der Waals surface area contributed by atoms with Gasteiger partial charge in [-0.3, -0.25) is 9.59 Å². The van der Waals surface area contributed by atoms with Crippen molar-refractivity contribution in [1.29, 1.82) is 0 Å². The van der Waals surface area contributed by atoms with Crippen molar-refractivity contribution in [2.45, 2.75) is 314 Å². The number of hydrogen-bond donors (Lipinski definition) is 6. The summed E-state index contributed by atoms with van der Waals surface area (Å²) in [7, 11) is 0. The number of carbonyl (C=O) groups excluding carboxylic acids is 2. The van der Waals surface area contributed by atoms with E-state index >= 15 is 0 Å². The standard InChI is InChI=1S/C68H119NO10/c1-3-5-7-9-11-13-14-15-29-33-36-40-44-48-52-56-64(73)77-57-53-49-45-41-37-34-31-28-26-24-22-20-18-16-17-19-21-23-25-27-30-32-35-39-43-47-51-55-63(72)69-60(61(71)54-50-46-42-38-12-10-8-6-4-2)59-78-68-67(76)66(75)65(74)62(58-70)79-68/h4,6,11-13,15-17,20,22,29,38,50,54,60-62,65-68,70-71,74-76H,3,5,7-10,14,18-19,21,23-28,30-37,39-49,51-53,55-59H2,1-2H3,(H,69,72)/b6-4+,13-11-,17-16-,22-20-,29-15-,38-12+,54-50+. The summed E-state index contributed by atoms with van der Waals surface area (Å²) in [5, 5.41) is 54.2. The second-order valence-corrected chi connectivity index (χ2v) is 22.1. The molecular weight excluding hydrogens is 991 g/mol. The molecule has 1 saturated heterocycles. The highest BCUT2D eigenvalue weighted by atomic mass is 16.7. The lowest BCUT2D eigenvalue weighted by Gasteiger charge is -2.40. The molecule has 11 heteroatoms. The average Bonchev–Trinajstić information content (AvgIpc) is 3.46. The summed E-state index contributed by atoms with van der Waals surface area (Å²) < 4.78 is 16.7. The summed E-state index contributed by atoms with van der Waals surface area (Å²) in [5.41, 5.74) is 0. The van der Waals surface area contributed by atoms with Gasteiger partial charge in [-0.1, -0.05) is 227 Å². The van der Waals surface area contributed by atoms with Crippen molar-refractivity contribution in [2.75, 3.05) is 19.8 Å². The summed E-state index contributed by atoms with van der Waals surface area (Å²) in [6.45, 7) is 4.05. The van der Waals surface area contributed by atoms with Gasteiger partial charge in [0.15, 0.2) is 6.29 Å². The summed E-state index contributed by atoms with van der Waals surface area (Å²) in [6, 6.07) is -0.838. The number of unbranched alkanes of at least 4 members (excludes halogenated alkanes) is 30. The molecule has 1 aliphatic heterocycles. The van der Waals surface area contributed by atoms with Crippen LogP contribution in [0, 0.1) is 0 Å². The van der Waals surface area contributed by atoms with Crippen molar-refractivity contribution in [3.05, 3.63) is 85.1 Å². The largest absolute Gasteiger partial charge is 0.466 e. The Labute approximate surface area is 483 Å². The van der Waals surface area contributed by atoms with Crippen LogP contribution in [0.4, 0.5) is 0 Å². The summed E-state index contributed by atoms with van der Waals surface area (Å²) in [4.78, 5) is 25.1. The Morgan fingerprint density at radius 3 is 1.39 bits per heavy atom. The molecule has 0 saturated carbocycles. The van der Waals surface area contributed by atoms with E-state index in [4.69, 9.17) is 14.2 Å². The maximum atomic E-state index is 13.0. The monoisotopic (exact) mass is 1110 g/mol. The third-order valence-electron chi connectivity index (χ3n) is 14.8. The van der Waals surface area contributed by atoms with E-state index < -0.39 is 49.5 Å². The number of hydrogen-bond acceptors (Lipinski definition) is 10. The molecule has 1 aliphatic rings. The van der Waals surface area contributed by atoms with Gasteiger partial charge in [-0.05, 0) is 116 Å². The highest BCUT2D eigenvalue weighted by molar-refractivity contribution is 5.76. The SMILES string of the molecule is C/C=C/CC/C=C/CC/C=C/C(O)C(COC1OC(CO)C(O)C(O)C1O)NC(=O)CCCCCCCCCCCCC/C=C\C/C=C\CCCCCCCCCCCOC(=O)CCCCCCC/C=C\C/C=C\CCCCC. The minimum atomic E-state index is -1.58. The zero-order chi connectivity index (χ0) is 57.3. The van der Waals surface area contributed by atoms with E-state index in [2.05, 4.69) is 79.1 Å². The van der Waals surface area contributed by atoms with Gasteiger partial charge < -0.3 is 45.1 Å². The zero-order valence-corrected chi connectivity index (χ0v) is 50.3. The second kappa shape index (κ2) is 56.7. The Kier molecular flexibility index (Phi) is 53.0. The quantitative estimate of drug-likeness (QED) is 0.0195. The van der Waals surface area contributed by atoms with Gasteiger partial charge in [-0.25, -0.2) is 0 Å². The molecule has 6 N–H and O–H groups in total. The third-order valence-corrected chi connectivity index (χ3v) is 14.8. The molecule has 7 unspecified atom stereocenters. The van der Waals surface area contributed by atoms with E-state index in [0.717, 1.165) is 96.3 Å². The van der Waals surface area contributed by atoms with Crippen LogP contribution in [0.2, 0.25) is 0 Å². The Morgan fingerprint density at radius 1 is 0.494 bits per heavy atom. The molecule has 456 valence electrons. The maximum absolute atomic E-state index is 13.0. The first-order chi connectivity index (χ1) is 38.7. The smallest absolute Gasteiger partial charge is 0.305 e. The Balaban J connectivity index is 1.98. The van der Waals surface area contributed by atoms with Crippen LogP contribution >= 0.6 is 0 Å². The van der Waals surface area contributed by atoms with Gasteiger partial charge in [0.1, 0.15) is 24.4 Å². The summed E-state index contributed by atoms with van der Waals surface area (Å²) in [5.74, 6) is -0.219. The number of allylic oxidation sites excluding steroid dienone is 13. The number of nitrogens with one attached hydrogen (secondary N) is 1. The topological polar surface area (TPSA) is 175 Å². The molecule has 0 aromatic carbocycles. The van der Waals surface area contributed by atoms with Gasteiger partial charge in [0.2, 0.25) is 5.91 Å². The molecule has 0 aromatic rings. The van der Waals surface area contributed by atoms with Crippen molar-refractivity contribution < 1.29 is 49.3 Å². The molecule has 1 heterocycles. The second-order valence-electron chi connectivity index (χ2n) is 22.1. The molecule has 1 amide bonds. The van der Waals surface area contributed by atoms with Crippen LogP contribution in [0.5, 0.6) is 0 Å². The van der Waals surface area contributed by atoms with Gasteiger partial charge >= 0.3 is 5.97 Å². The first kappa shape index (κ1) is 73.9. The number of aliphatic hydroxyl groups excluding tert-OH is 5. The van der Waals surface area contributed by atoms with Gasteiger partial charge in [-0.15, -0.1) is 0 Å². The number of carbonyl (C=O) groups is 2. The van der Waals surface area contributed by atoms with Crippen molar-refractivity contribution in [3.8, 4) is 0 Å². The van der Waals surface area contributed by atoms with E-state index in [-0.39, 0.29) is 18.5 Å². The van der Waals surface area contributed by atoms with Crippen LogP contribution in [0.15, 0.2) is 85.1 Å². The van der Waals surface area contributed by atoms with Gasteiger partial charge in [0.05, 0.1) is 32.0 Å². The van der Waals surface area contributed by atoms with Crippen molar-refractivity contribution in [1.82, 2.24) is 5.32 Å². The van der Waals surface area contributed by atoms with Gasteiger partial charge in [-0.2, -0.15) is 0 Å². The molecule has 0 aromatic heterocycles. The third kappa shape index (κ3) is 46.1. The van der Waals surface area contributed by atoms with Crippen LogP contribution in [0.25, 0.3) is 0 Å². The number of rotatable bonds is 55. The van der Waals surface area contributed by atoms with E-state index in [0.29, 0.717) is 19.4 Å². The van der Waals surface area contributed by atoms with Crippen LogP contribution in [0.3, 0.4) is 0 Å². The number of aliphatic hydroxyl groups is 5. The molecule has 1 rings (SSSR count). The van der Waals surface area contributed by atoms with E-state index in [1.54, 1.807) is 6.08 Å². The lowest BCUT2D eigenvalue weighted by atomic mass is 9.99. The van der Waals surface area contributed by atoms with Crippen LogP contribution < -0.4 is 5.32 Å². The van der Waals surface area contributed by atoms with Crippen molar-refractivity contribution >= 4 is 11.9 Å². The number of amides is 1. The fourth-order valence-electron chi connectivity index (χ4n) is 9.65. The summed E-state index contributed by atoms with van der Waals surface area (Å²) >= 11 is 0. The zero-order valence-electron chi connectivity index (χ0n) is 50.3. The molecule has 0 bridgehead atoms. The van der Waals surface area contributed by atoms with E-state index in [9.17, 15) is 35.1 Å². The van der Waals surface area contributed by atoms with E-state index in [1.807, 2.05) is 19.1 Å². The highest BCUT2D eigenvalue weighted by Crippen LogP contribution is 2.23. The van der Waals surface area contributed by atoms with Crippen LogP contribution in [-0.4, -0.2) is 100 Å². The van der Waals surface area contributed by atoms with Crippen LogP contribution in [-0.2, 0) is 23.8 Å². The Hall–Kier alpha value is -3.16. The fourth-order valence-corrected chi connectivity index (χ4v) is 9.65. The Morgan fingerprint density at radius 2 is 0.911 bits per heavy atom. The molecule has 79 heavy (non-hydrogen) atoms. The molecule has 11 nitrogen and oxygen atoms in total. The molecular formula is C68H119NO10. The summed E-state index contributed by atoms with van der Waals surface area (Å²) in [6.07, 6.45) is 67.3. The fraction of sp³-hybridized carbons (Fsp3) is 0.765. The van der Waals surface area contributed by atoms with Crippen molar-refractivity contribution in [2.24, 2.45) is 0 Å². The first-order valence-electron chi connectivity index (χ1n) is 32.3.